The van der Waals surface area contributed by atoms with Crippen LogP contribution in [0.5, 0.6) is 0 Å². The molecule has 90 valence electrons. The first kappa shape index (κ1) is 13.3. The maximum absolute atomic E-state index is 12.7. The van der Waals surface area contributed by atoms with E-state index < -0.39 is 23.9 Å². The molecule has 0 saturated heterocycles. The summed E-state index contributed by atoms with van der Waals surface area (Å²) >= 11 is 5.50. The maximum atomic E-state index is 12.7. The second kappa shape index (κ2) is 4.61. The van der Waals surface area contributed by atoms with E-state index in [4.69, 9.17) is 17.3 Å². The number of hydrogen-bond acceptors (Lipinski definition) is 2. The van der Waals surface area contributed by atoms with Crippen LogP contribution in [-0.4, -0.2) is 11.2 Å². The van der Waals surface area contributed by atoms with Crippen molar-refractivity contribution in [1.29, 1.82) is 0 Å². The van der Waals surface area contributed by atoms with Crippen molar-refractivity contribution >= 4 is 11.6 Å². The molecule has 1 rings (SSSR count). The molecule has 3 N–H and O–H groups in total. The Morgan fingerprint density at radius 2 is 1.94 bits per heavy atom. The number of hydrogen-bond donors (Lipinski definition) is 2. The Morgan fingerprint density at radius 3 is 2.38 bits per heavy atom. The highest BCUT2D eigenvalue weighted by molar-refractivity contribution is 6.30. The highest BCUT2D eigenvalue weighted by Gasteiger charge is 2.35. The molecule has 0 bridgehead atoms. The number of rotatable bonds is 2. The molecule has 0 unspecified atom stereocenters. The molecular formula is C10H11ClF3NO. The van der Waals surface area contributed by atoms with Crippen molar-refractivity contribution < 1.29 is 18.3 Å². The van der Waals surface area contributed by atoms with E-state index in [1.165, 1.54) is 19.1 Å². The van der Waals surface area contributed by atoms with E-state index in [2.05, 4.69) is 0 Å². The summed E-state index contributed by atoms with van der Waals surface area (Å²) in [5.41, 5.74) is 4.42. The third-order valence-corrected chi connectivity index (χ3v) is 2.43. The van der Waals surface area contributed by atoms with Gasteiger partial charge in [-0.3, -0.25) is 0 Å². The van der Waals surface area contributed by atoms with Gasteiger partial charge in [-0.15, -0.1) is 0 Å². The van der Waals surface area contributed by atoms with Crippen LogP contribution in [0.2, 0.25) is 5.02 Å². The summed E-state index contributed by atoms with van der Waals surface area (Å²) in [5.74, 6) is 0. The van der Waals surface area contributed by atoms with Gasteiger partial charge in [-0.05, 0) is 24.6 Å². The summed E-state index contributed by atoms with van der Waals surface area (Å²) in [4.78, 5) is 0. The Kier molecular flexibility index (Phi) is 3.83. The Bertz CT molecular complexity index is 379. The molecule has 0 fully saturated rings. The van der Waals surface area contributed by atoms with E-state index in [0.717, 1.165) is 6.07 Å². The lowest BCUT2D eigenvalue weighted by atomic mass is 9.97. The second-order valence-electron chi connectivity index (χ2n) is 3.50. The smallest absolute Gasteiger partial charge is 0.391 e. The van der Waals surface area contributed by atoms with E-state index in [9.17, 15) is 18.3 Å². The van der Waals surface area contributed by atoms with Gasteiger partial charge in [0.15, 0.2) is 0 Å². The molecule has 0 spiro atoms. The largest absolute Gasteiger partial charge is 0.416 e. The zero-order chi connectivity index (χ0) is 12.5. The van der Waals surface area contributed by atoms with Gasteiger partial charge in [0.05, 0.1) is 17.7 Å². The molecule has 0 aliphatic rings. The molecule has 0 radical (unpaired) electrons. The van der Waals surface area contributed by atoms with Crippen LogP contribution in [-0.2, 0) is 6.18 Å². The number of nitrogens with two attached hydrogens (primary N) is 1. The van der Waals surface area contributed by atoms with Crippen molar-refractivity contribution in [3.8, 4) is 0 Å². The van der Waals surface area contributed by atoms with Gasteiger partial charge in [0.1, 0.15) is 0 Å². The predicted molar refractivity (Wildman–Crippen MR) is 55.1 cm³/mol. The molecule has 6 heteroatoms. The van der Waals surface area contributed by atoms with Crippen LogP contribution in [0.1, 0.15) is 24.1 Å². The van der Waals surface area contributed by atoms with E-state index in [1.807, 2.05) is 0 Å². The van der Waals surface area contributed by atoms with E-state index in [-0.39, 0.29) is 10.6 Å². The number of aliphatic hydroxyl groups is 1. The Morgan fingerprint density at radius 1 is 1.38 bits per heavy atom. The molecule has 0 heterocycles. The van der Waals surface area contributed by atoms with Crippen LogP contribution in [0, 0.1) is 0 Å². The minimum absolute atomic E-state index is 0.0196. The summed E-state index contributed by atoms with van der Waals surface area (Å²) < 4.78 is 38.0. The van der Waals surface area contributed by atoms with Gasteiger partial charge in [0.2, 0.25) is 0 Å². The lowest BCUT2D eigenvalue weighted by molar-refractivity contribution is -0.138. The van der Waals surface area contributed by atoms with Gasteiger partial charge in [-0.25, -0.2) is 0 Å². The molecule has 0 aromatic heterocycles. The minimum atomic E-state index is -4.53. The van der Waals surface area contributed by atoms with Gasteiger partial charge in [0, 0.05) is 5.02 Å². The predicted octanol–water partition coefficient (Wildman–Crippen LogP) is 2.74. The zero-order valence-electron chi connectivity index (χ0n) is 8.42. The summed E-state index contributed by atoms with van der Waals surface area (Å²) in [7, 11) is 0. The first-order valence-electron chi connectivity index (χ1n) is 4.53. The van der Waals surface area contributed by atoms with Crippen molar-refractivity contribution in [3.05, 3.63) is 34.3 Å². The van der Waals surface area contributed by atoms with Crippen LogP contribution < -0.4 is 5.73 Å². The first-order valence-corrected chi connectivity index (χ1v) is 4.91. The molecule has 2 nitrogen and oxygen atoms in total. The Labute approximate surface area is 95.8 Å². The molecule has 0 aliphatic carbocycles. The number of aliphatic hydroxyl groups excluding tert-OH is 1. The average molecular weight is 254 g/mol. The lowest BCUT2D eigenvalue weighted by Crippen LogP contribution is -2.26. The SMILES string of the molecule is C[C@@H](O)[C@@H](N)c1ccc(Cl)cc1C(F)(F)F. The third-order valence-electron chi connectivity index (χ3n) is 2.20. The number of halogens is 4. The fraction of sp³-hybridized carbons (Fsp3) is 0.400. The standard InChI is InChI=1S/C10H11ClF3NO/c1-5(16)9(15)7-3-2-6(11)4-8(7)10(12,13)14/h2-5,9,16H,15H2,1H3/t5-,9-/m1/s1. The molecule has 0 aliphatic heterocycles. The van der Waals surface area contributed by atoms with Gasteiger partial charge >= 0.3 is 6.18 Å². The van der Waals surface area contributed by atoms with Crippen LogP contribution in [0.4, 0.5) is 13.2 Å². The normalized spacial score (nSPS) is 15.9. The Hall–Kier alpha value is -0.780. The Balaban J connectivity index is 3.29. The number of benzene rings is 1. The summed E-state index contributed by atoms with van der Waals surface area (Å²) in [6.07, 6.45) is -5.60. The second-order valence-corrected chi connectivity index (χ2v) is 3.93. The average Bonchev–Trinajstić information content (AvgIpc) is 2.15. The maximum Gasteiger partial charge on any atom is 0.416 e. The highest BCUT2D eigenvalue weighted by atomic mass is 35.5. The molecular weight excluding hydrogens is 243 g/mol. The van der Waals surface area contributed by atoms with Gasteiger partial charge in [-0.1, -0.05) is 17.7 Å². The van der Waals surface area contributed by atoms with E-state index in [1.54, 1.807) is 0 Å². The molecule has 1 aromatic rings. The highest BCUT2D eigenvalue weighted by Crippen LogP contribution is 2.36. The van der Waals surface area contributed by atoms with Crippen molar-refractivity contribution in [3.63, 3.8) is 0 Å². The first-order chi connectivity index (χ1) is 7.23. The van der Waals surface area contributed by atoms with Crippen LogP contribution in [0.25, 0.3) is 0 Å². The molecule has 16 heavy (non-hydrogen) atoms. The molecule has 2 atom stereocenters. The van der Waals surface area contributed by atoms with Gasteiger partial charge < -0.3 is 10.8 Å². The summed E-state index contributed by atoms with van der Waals surface area (Å²) in [6, 6.07) is 2.21. The van der Waals surface area contributed by atoms with Crippen molar-refractivity contribution in [2.45, 2.75) is 25.2 Å². The van der Waals surface area contributed by atoms with E-state index in [0.29, 0.717) is 0 Å². The van der Waals surface area contributed by atoms with Crippen LogP contribution >= 0.6 is 11.6 Å². The molecule has 0 amide bonds. The zero-order valence-corrected chi connectivity index (χ0v) is 9.18. The molecule has 0 saturated carbocycles. The third kappa shape index (κ3) is 2.87. The quantitative estimate of drug-likeness (QED) is 0.851. The lowest BCUT2D eigenvalue weighted by Gasteiger charge is -2.20. The van der Waals surface area contributed by atoms with Crippen molar-refractivity contribution in [1.82, 2.24) is 0 Å². The van der Waals surface area contributed by atoms with Crippen LogP contribution in [0.3, 0.4) is 0 Å². The van der Waals surface area contributed by atoms with Crippen molar-refractivity contribution in [2.75, 3.05) is 0 Å². The monoisotopic (exact) mass is 253 g/mol. The summed E-state index contributed by atoms with van der Waals surface area (Å²) in [6.45, 7) is 1.33. The summed E-state index contributed by atoms with van der Waals surface area (Å²) in [5, 5.41) is 9.19. The van der Waals surface area contributed by atoms with Crippen LogP contribution in [0.15, 0.2) is 18.2 Å². The topological polar surface area (TPSA) is 46.2 Å². The van der Waals surface area contributed by atoms with Gasteiger partial charge in [0.25, 0.3) is 0 Å². The van der Waals surface area contributed by atoms with E-state index >= 15 is 0 Å². The fourth-order valence-electron chi connectivity index (χ4n) is 1.32. The van der Waals surface area contributed by atoms with Gasteiger partial charge in [-0.2, -0.15) is 13.2 Å². The number of alkyl halides is 3. The molecule has 1 aromatic carbocycles. The fourth-order valence-corrected chi connectivity index (χ4v) is 1.50. The van der Waals surface area contributed by atoms with Crippen molar-refractivity contribution in [2.24, 2.45) is 5.73 Å². The minimum Gasteiger partial charge on any atom is -0.391 e.